The molecule has 0 aliphatic heterocycles. The van der Waals surface area contributed by atoms with Gasteiger partial charge in [0.1, 0.15) is 11.6 Å². The molecule has 4 rings (SSSR count). The molecule has 5 nitrogen and oxygen atoms in total. The van der Waals surface area contributed by atoms with Gasteiger partial charge in [-0.05, 0) is 36.2 Å². The van der Waals surface area contributed by atoms with Crippen molar-refractivity contribution in [2.45, 2.75) is 25.9 Å². The van der Waals surface area contributed by atoms with E-state index >= 15 is 4.39 Å². The summed E-state index contributed by atoms with van der Waals surface area (Å²) >= 11 is 0. The second-order valence-electron chi connectivity index (χ2n) is 8.15. The van der Waals surface area contributed by atoms with Gasteiger partial charge in [0.25, 0.3) is 5.56 Å². The van der Waals surface area contributed by atoms with Crippen LogP contribution >= 0.6 is 0 Å². The Morgan fingerprint density at radius 2 is 1.63 bits per heavy atom. The van der Waals surface area contributed by atoms with Crippen molar-refractivity contribution in [3.05, 3.63) is 117 Å². The number of nitrogens with zero attached hydrogens (tertiary/aromatic N) is 2. The van der Waals surface area contributed by atoms with Crippen LogP contribution in [0.4, 0.5) is 13.2 Å². The lowest BCUT2D eigenvalue weighted by molar-refractivity contribution is 0.387. The number of nitrogens with two attached hydrogens (primary N) is 1. The van der Waals surface area contributed by atoms with Crippen LogP contribution in [0, 0.1) is 24.4 Å². The van der Waals surface area contributed by atoms with Crippen LogP contribution in [0.25, 0.3) is 11.1 Å². The van der Waals surface area contributed by atoms with E-state index in [-0.39, 0.29) is 41.1 Å². The zero-order valence-electron chi connectivity index (χ0n) is 19.3. The average Bonchev–Trinajstić information content (AvgIpc) is 2.85. The van der Waals surface area contributed by atoms with E-state index in [0.29, 0.717) is 5.56 Å². The Morgan fingerprint density at radius 1 is 0.971 bits per heavy atom. The van der Waals surface area contributed by atoms with Crippen molar-refractivity contribution in [1.82, 2.24) is 9.78 Å². The largest absolute Gasteiger partial charge is 0.494 e. The molecule has 0 saturated heterocycles. The molecule has 0 fully saturated rings. The van der Waals surface area contributed by atoms with Gasteiger partial charge in [0.2, 0.25) is 0 Å². The summed E-state index contributed by atoms with van der Waals surface area (Å²) in [7, 11) is 1.32. The molecule has 0 bridgehead atoms. The van der Waals surface area contributed by atoms with E-state index in [1.165, 1.54) is 25.3 Å². The summed E-state index contributed by atoms with van der Waals surface area (Å²) in [5.41, 5.74) is 6.92. The molecule has 0 radical (unpaired) electrons. The highest BCUT2D eigenvalue weighted by Crippen LogP contribution is 2.31. The number of benzene rings is 3. The molecule has 1 aromatic heterocycles. The number of ether oxygens (including phenoxy) is 1. The van der Waals surface area contributed by atoms with Crippen LogP contribution in [0.5, 0.6) is 5.75 Å². The highest BCUT2D eigenvalue weighted by Gasteiger charge is 2.23. The number of hydrogen-bond donors (Lipinski definition) is 1. The van der Waals surface area contributed by atoms with Crippen molar-refractivity contribution in [2.75, 3.05) is 7.11 Å². The predicted molar refractivity (Wildman–Crippen MR) is 128 cm³/mol. The summed E-state index contributed by atoms with van der Waals surface area (Å²) in [6.07, 6.45) is -0.232. The Kier molecular flexibility index (Phi) is 7.02. The van der Waals surface area contributed by atoms with Gasteiger partial charge in [-0.2, -0.15) is 5.10 Å². The van der Waals surface area contributed by atoms with Gasteiger partial charge in [-0.1, -0.05) is 48.5 Å². The summed E-state index contributed by atoms with van der Waals surface area (Å²) in [5, 5.41) is 4.41. The molecule has 0 aliphatic carbocycles. The Balaban J connectivity index is 1.90. The first-order valence-corrected chi connectivity index (χ1v) is 11.0. The second kappa shape index (κ2) is 10.1. The van der Waals surface area contributed by atoms with E-state index in [4.69, 9.17) is 10.5 Å². The highest BCUT2D eigenvalue weighted by molar-refractivity contribution is 5.69. The van der Waals surface area contributed by atoms with E-state index in [1.807, 2.05) is 30.3 Å². The molecule has 0 amide bonds. The van der Waals surface area contributed by atoms with E-state index < -0.39 is 29.1 Å². The van der Waals surface area contributed by atoms with Gasteiger partial charge in [0.15, 0.2) is 11.6 Å². The smallest absolute Gasteiger partial charge is 0.275 e. The molecule has 1 unspecified atom stereocenters. The molecular formula is C27H24F3N3O2. The zero-order valence-corrected chi connectivity index (χ0v) is 19.3. The molecule has 180 valence electrons. The summed E-state index contributed by atoms with van der Waals surface area (Å²) in [6, 6.07) is 16.6. The second-order valence-corrected chi connectivity index (χ2v) is 8.15. The minimum absolute atomic E-state index is 0.00605. The summed E-state index contributed by atoms with van der Waals surface area (Å²) in [6.45, 7) is 1.56. The molecule has 0 aliphatic rings. The van der Waals surface area contributed by atoms with E-state index in [1.54, 1.807) is 13.0 Å². The molecule has 35 heavy (non-hydrogen) atoms. The van der Waals surface area contributed by atoms with Gasteiger partial charge in [-0.25, -0.2) is 17.9 Å². The van der Waals surface area contributed by atoms with Crippen LogP contribution in [0.2, 0.25) is 0 Å². The fourth-order valence-electron chi connectivity index (χ4n) is 4.03. The van der Waals surface area contributed by atoms with E-state index in [2.05, 4.69) is 5.10 Å². The average molecular weight is 480 g/mol. The normalized spacial score (nSPS) is 11.9. The van der Waals surface area contributed by atoms with Crippen molar-refractivity contribution >= 4 is 0 Å². The Bertz CT molecular complexity index is 1400. The molecule has 3 aromatic carbocycles. The first kappa shape index (κ1) is 24.2. The van der Waals surface area contributed by atoms with Crippen LogP contribution < -0.4 is 16.0 Å². The predicted octanol–water partition coefficient (Wildman–Crippen LogP) is 4.94. The van der Waals surface area contributed by atoms with Gasteiger partial charge < -0.3 is 10.5 Å². The third-order valence-electron chi connectivity index (χ3n) is 5.95. The van der Waals surface area contributed by atoms with Gasteiger partial charge >= 0.3 is 0 Å². The Labute approximate surface area is 200 Å². The summed E-state index contributed by atoms with van der Waals surface area (Å²) in [4.78, 5) is 13.5. The zero-order chi connectivity index (χ0) is 25.1. The molecule has 0 spiro atoms. The summed E-state index contributed by atoms with van der Waals surface area (Å²) in [5.74, 6) is -2.23. The quantitative estimate of drug-likeness (QED) is 0.408. The maximum absolute atomic E-state index is 15.2. The third kappa shape index (κ3) is 4.83. The first-order chi connectivity index (χ1) is 16.8. The fraction of sp³-hybridized carbons (Fsp3) is 0.185. The van der Waals surface area contributed by atoms with Crippen LogP contribution in [0.3, 0.4) is 0 Å². The van der Waals surface area contributed by atoms with Crippen LogP contribution in [-0.2, 0) is 13.0 Å². The molecule has 1 atom stereocenters. The van der Waals surface area contributed by atoms with Crippen molar-refractivity contribution < 1.29 is 17.9 Å². The molecule has 0 saturated carbocycles. The summed E-state index contributed by atoms with van der Waals surface area (Å²) < 4.78 is 50.3. The topological polar surface area (TPSA) is 70.1 Å². The number of halogens is 3. The van der Waals surface area contributed by atoms with E-state index in [9.17, 15) is 13.6 Å². The van der Waals surface area contributed by atoms with Crippen LogP contribution in [0.15, 0.2) is 71.5 Å². The lowest BCUT2D eigenvalue weighted by Gasteiger charge is -2.19. The van der Waals surface area contributed by atoms with Gasteiger partial charge in [-0.3, -0.25) is 4.79 Å². The SMILES string of the molecule is COc1cccc(-c2c(C)c(Cc3c(F)cccc3F)nn(CC(N)c3ccccc3)c2=O)c1F. The molecule has 2 N–H and O–H groups in total. The van der Waals surface area contributed by atoms with Crippen LogP contribution in [0.1, 0.15) is 28.4 Å². The molecular weight excluding hydrogens is 455 g/mol. The number of methoxy groups -OCH3 is 1. The van der Waals surface area contributed by atoms with Crippen LogP contribution in [-0.4, -0.2) is 16.9 Å². The van der Waals surface area contributed by atoms with Crippen molar-refractivity contribution in [1.29, 1.82) is 0 Å². The standard InChI is InChI=1S/C27H24F3N3O2/c1-16-23(14-19-20(28)11-7-12-21(19)29)32-33(15-22(31)17-8-4-3-5-9-17)27(34)25(16)18-10-6-13-24(35-2)26(18)30/h3-13,22H,14-15,31H2,1-2H3. The molecule has 8 heteroatoms. The molecule has 4 aromatic rings. The maximum Gasteiger partial charge on any atom is 0.275 e. The highest BCUT2D eigenvalue weighted by atomic mass is 19.1. The lowest BCUT2D eigenvalue weighted by atomic mass is 9.97. The van der Waals surface area contributed by atoms with Gasteiger partial charge in [0, 0.05) is 23.6 Å². The monoisotopic (exact) mass is 479 g/mol. The number of rotatable bonds is 7. The van der Waals surface area contributed by atoms with Crippen molar-refractivity contribution in [3.63, 3.8) is 0 Å². The minimum atomic E-state index is -0.737. The third-order valence-corrected chi connectivity index (χ3v) is 5.95. The van der Waals surface area contributed by atoms with E-state index in [0.717, 1.165) is 22.4 Å². The lowest BCUT2D eigenvalue weighted by Crippen LogP contribution is -2.32. The fourth-order valence-corrected chi connectivity index (χ4v) is 4.03. The Morgan fingerprint density at radius 3 is 2.29 bits per heavy atom. The van der Waals surface area contributed by atoms with Gasteiger partial charge in [-0.15, -0.1) is 0 Å². The minimum Gasteiger partial charge on any atom is -0.494 e. The number of hydrogen-bond acceptors (Lipinski definition) is 4. The molecule has 1 heterocycles. The maximum atomic E-state index is 15.2. The van der Waals surface area contributed by atoms with Crippen molar-refractivity contribution in [3.8, 4) is 16.9 Å². The van der Waals surface area contributed by atoms with Crippen molar-refractivity contribution in [2.24, 2.45) is 5.73 Å². The first-order valence-electron chi connectivity index (χ1n) is 11.0. The number of aromatic nitrogens is 2. The van der Waals surface area contributed by atoms with Gasteiger partial charge in [0.05, 0.1) is 24.9 Å². The Hall–Kier alpha value is -3.91.